The number of amides is 1. The van der Waals surface area contributed by atoms with Gasteiger partial charge in [-0.25, -0.2) is 0 Å². The number of non-ortho nitro benzene ring substituents is 1. The van der Waals surface area contributed by atoms with Gasteiger partial charge < -0.3 is 13.8 Å². The molecule has 2 aliphatic rings. The highest BCUT2D eigenvalue weighted by molar-refractivity contribution is 8.00. The lowest BCUT2D eigenvalue weighted by Crippen LogP contribution is -2.63. The molecule has 166 valence electrons. The van der Waals surface area contributed by atoms with Gasteiger partial charge in [-0.2, -0.15) is 0 Å². The molecule has 0 N–H and O–H groups in total. The fourth-order valence-electron chi connectivity index (χ4n) is 3.11. The molecule has 3 rings (SSSR count). The molecule has 0 aromatic heterocycles. The van der Waals surface area contributed by atoms with Gasteiger partial charge in [0.1, 0.15) is 17.4 Å². The second-order valence-electron chi connectivity index (χ2n) is 6.55. The summed E-state index contributed by atoms with van der Waals surface area (Å²) in [5, 5.41) is 10.3. The van der Waals surface area contributed by atoms with Crippen LogP contribution in [0.3, 0.4) is 0 Å². The van der Waals surface area contributed by atoms with Gasteiger partial charge in [0.2, 0.25) is 0 Å². The molecule has 13 heteroatoms. The predicted molar refractivity (Wildman–Crippen MR) is 113 cm³/mol. The Balaban J connectivity index is 1.84. The summed E-state index contributed by atoms with van der Waals surface area (Å²) < 4.78 is 28.4. The summed E-state index contributed by atoms with van der Waals surface area (Å²) >= 11 is 1.39. The number of hydrogen-bond donors (Lipinski definition) is 0. The second kappa shape index (κ2) is 9.31. The summed E-state index contributed by atoms with van der Waals surface area (Å²) in [4.78, 5) is 40.0. The minimum absolute atomic E-state index is 0.0455. The van der Waals surface area contributed by atoms with Crippen molar-refractivity contribution in [3.63, 3.8) is 0 Å². The van der Waals surface area contributed by atoms with Crippen LogP contribution < -0.4 is 0 Å². The van der Waals surface area contributed by atoms with Crippen molar-refractivity contribution in [3.05, 3.63) is 51.0 Å². The Hall–Kier alpha value is -2.53. The second-order valence-corrected chi connectivity index (χ2v) is 9.81. The summed E-state index contributed by atoms with van der Waals surface area (Å²) in [5.74, 6) is -0.568. The van der Waals surface area contributed by atoms with E-state index in [2.05, 4.69) is 4.99 Å². The summed E-state index contributed by atoms with van der Waals surface area (Å²) in [5.41, 5.74) is 1.10. The van der Waals surface area contributed by atoms with Crippen molar-refractivity contribution in [1.82, 2.24) is 4.90 Å². The van der Waals surface area contributed by atoms with Gasteiger partial charge in [0.25, 0.3) is 11.6 Å². The van der Waals surface area contributed by atoms with E-state index in [-0.39, 0.29) is 17.7 Å². The van der Waals surface area contributed by atoms with Crippen LogP contribution in [0.5, 0.6) is 0 Å². The molecule has 2 heterocycles. The molecule has 1 aromatic carbocycles. The van der Waals surface area contributed by atoms with E-state index in [1.54, 1.807) is 0 Å². The lowest BCUT2D eigenvalue weighted by molar-refractivity contribution is -0.384. The Morgan fingerprint density at radius 1 is 1.35 bits per heavy atom. The number of esters is 1. The maximum Gasteiger partial charge on any atom is 0.377 e. The van der Waals surface area contributed by atoms with Crippen molar-refractivity contribution in [3.8, 4) is 0 Å². The number of hydrogen-bond acceptors (Lipinski definition) is 10. The number of carbonyl (C=O) groups is 2. The molecule has 0 bridgehead atoms. The Kier molecular flexibility index (Phi) is 6.95. The molecule has 1 saturated heterocycles. The molecule has 0 unspecified atom stereocenters. The number of ether oxygens (including phenoxy) is 1. The van der Waals surface area contributed by atoms with Gasteiger partial charge in [-0.3, -0.25) is 34.2 Å². The zero-order chi connectivity index (χ0) is 22.8. The molecular weight excluding hydrogens is 449 g/mol. The zero-order valence-corrected chi connectivity index (χ0v) is 18.6. The fraction of sp³-hybridized carbons (Fsp3) is 0.389. The van der Waals surface area contributed by atoms with Crippen LogP contribution in [0.15, 0.2) is 40.3 Å². The van der Waals surface area contributed by atoms with Crippen molar-refractivity contribution < 1.29 is 32.9 Å². The van der Waals surface area contributed by atoms with E-state index in [1.807, 2.05) is 0 Å². The van der Waals surface area contributed by atoms with Crippen LogP contribution in [-0.2, 0) is 27.9 Å². The average molecular weight is 469 g/mol. The zero-order valence-electron chi connectivity index (χ0n) is 16.9. The normalized spacial score (nSPS) is 21.1. The van der Waals surface area contributed by atoms with Gasteiger partial charge in [0, 0.05) is 50.8 Å². The first kappa shape index (κ1) is 23.1. The number of benzene rings is 1. The smallest absolute Gasteiger partial charge is 0.377 e. The van der Waals surface area contributed by atoms with Crippen LogP contribution in [0, 0.1) is 10.1 Å². The summed E-state index contributed by atoms with van der Waals surface area (Å²) in [7, 11) is -1.38. The Morgan fingerprint density at radius 3 is 2.55 bits per heavy atom. The number of β-lactam (4-membered cyclic amide) rings is 1. The standard InChI is InChI=1S/C18H20N3O8PS/c1-11(22)29-9-13-10-31-18-15(16(23)20(18)17(13)30(26,27-2)28-3)19-8-12-4-6-14(7-5-12)21(24)25/h4-8,15,18H,9-10H2,1-3H3/b19-8+/t15-,18-/m1/s1. The van der Waals surface area contributed by atoms with Crippen LogP contribution >= 0.6 is 19.4 Å². The highest BCUT2D eigenvalue weighted by Gasteiger charge is 2.56. The number of rotatable bonds is 8. The van der Waals surface area contributed by atoms with Crippen LogP contribution in [-0.4, -0.2) is 65.9 Å². The van der Waals surface area contributed by atoms with Crippen molar-refractivity contribution in [2.75, 3.05) is 26.6 Å². The number of nitrogens with zero attached hydrogens (tertiary/aromatic N) is 3. The number of nitro groups is 1. The number of nitro benzene ring substituents is 1. The molecule has 11 nitrogen and oxygen atoms in total. The third-order valence-electron chi connectivity index (χ3n) is 4.67. The van der Waals surface area contributed by atoms with Gasteiger partial charge in [-0.15, -0.1) is 11.8 Å². The SMILES string of the molecule is COP(=O)(OC)C1=C(COC(C)=O)CS[C@@H]2[C@H](/N=C/c3ccc([N+](=O)[O-])cc3)C(=O)N12. The first-order valence-corrected chi connectivity index (χ1v) is 11.6. The summed E-state index contributed by atoms with van der Waals surface area (Å²) in [6.07, 6.45) is 1.47. The van der Waals surface area contributed by atoms with E-state index in [4.69, 9.17) is 13.8 Å². The number of fused-ring (bicyclic) bond motifs is 1. The maximum atomic E-state index is 13.1. The number of carbonyl (C=O) groups excluding carboxylic acids is 2. The van der Waals surface area contributed by atoms with Crippen LogP contribution in [0.1, 0.15) is 12.5 Å². The molecule has 0 saturated carbocycles. The van der Waals surface area contributed by atoms with Crippen LogP contribution in [0.2, 0.25) is 0 Å². The molecule has 0 radical (unpaired) electrons. The van der Waals surface area contributed by atoms with Crippen LogP contribution in [0.4, 0.5) is 5.69 Å². The number of thioether (sulfide) groups is 1. The Labute approximate surface area is 182 Å². The third kappa shape index (κ3) is 4.57. The fourth-order valence-corrected chi connectivity index (χ4v) is 6.13. The predicted octanol–water partition coefficient (Wildman–Crippen LogP) is 2.56. The molecule has 2 atom stereocenters. The van der Waals surface area contributed by atoms with Gasteiger partial charge in [0.15, 0.2) is 6.04 Å². The van der Waals surface area contributed by atoms with Crippen LogP contribution in [0.25, 0.3) is 0 Å². The lowest BCUT2D eigenvalue weighted by Gasteiger charge is -2.49. The van der Waals surface area contributed by atoms with Gasteiger partial charge in [-0.05, 0) is 17.7 Å². The topological polar surface area (TPSA) is 138 Å². The van der Waals surface area contributed by atoms with E-state index in [0.717, 1.165) is 0 Å². The third-order valence-corrected chi connectivity index (χ3v) is 8.00. The van der Waals surface area contributed by atoms with Gasteiger partial charge >= 0.3 is 13.6 Å². The molecular formula is C18H20N3O8PS. The Bertz CT molecular complexity index is 1000. The largest absolute Gasteiger partial charge is 0.461 e. The summed E-state index contributed by atoms with van der Waals surface area (Å²) in [6.45, 7) is 1.12. The monoisotopic (exact) mass is 469 g/mol. The first-order chi connectivity index (χ1) is 14.7. The molecule has 1 fully saturated rings. The Morgan fingerprint density at radius 2 is 2.00 bits per heavy atom. The van der Waals surface area contributed by atoms with Crippen molar-refractivity contribution in [1.29, 1.82) is 0 Å². The molecule has 0 spiro atoms. The van der Waals surface area contributed by atoms with Crippen molar-refractivity contribution in [2.24, 2.45) is 4.99 Å². The highest BCUT2D eigenvalue weighted by atomic mass is 32.2. The maximum absolute atomic E-state index is 13.1. The van der Waals surface area contributed by atoms with Gasteiger partial charge in [0.05, 0.1) is 4.92 Å². The lowest BCUT2D eigenvalue weighted by atomic mass is 10.1. The first-order valence-electron chi connectivity index (χ1n) is 9.01. The molecule has 1 aromatic rings. The minimum atomic E-state index is -3.81. The van der Waals surface area contributed by atoms with E-state index in [0.29, 0.717) is 16.9 Å². The minimum Gasteiger partial charge on any atom is -0.461 e. The molecule has 31 heavy (non-hydrogen) atoms. The highest BCUT2D eigenvalue weighted by Crippen LogP contribution is 2.62. The van der Waals surface area contributed by atoms with Crippen molar-refractivity contribution in [2.45, 2.75) is 18.3 Å². The molecule has 0 aliphatic carbocycles. The molecule has 2 aliphatic heterocycles. The average Bonchev–Trinajstić information content (AvgIpc) is 2.76. The molecule has 1 amide bonds. The van der Waals surface area contributed by atoms with Gasteiger partial charge in [-0.1, -0.05) is 0 Å². The quantitative estimate of drug-likeness (QED) is 0.140. The van der Waals surface area contributed by atoms with E-state index < -0.39 is 35.8 Å². The number of aliphatic imine (C=N–C) groups is 1. The van der Waals surface area contributed by atoms with Crippen molar-refractivity contribution >= 4 is 43.1 Å². The van der Waals surface area contributed by atoms with E-state index in [9.17, 15) is 24.3 Å². The van der Waals surface area contributed by atoms with E-state index in [1.165, 1.54) is 68.3 Å². The van der Waals surface area contributed by atoms with E-state index >= 15 is 0 Å². The summed E-state index contributed by atoms with van der Waals surface area (Å²) in [6, 6.07) is 5.03.